The average molecular weight is 251 g/mol. The maximum absolute atomic E-state index is 12.1. The molecule has 1 atom stereocenters. The summed E-state index contributed by atoms with van der Waals surface area (Å²) >= 11 is 0. The number of aryl methyl sites for hydroxylation is 1. The minimum atomic E-state index is -0.155. The van der Waals surface area contributed by atoms with E-state index in [1.54, 1.807) is 0 Å². The van der Waals surface area contributed by atoms with Crippen molar-refractivity contribution in [2.24, 2.45) is 7.05 Å². The monoisotopic (exact) mass is 251 g/mol. The molecule has 1 aliphatic rings. The Balaban J connectivity index is 1.82. The first kappa shape index (κ1) is 13.1. The van der Waals surface area contributed by atoms with Crippen molar-refractivity contribution in [3.63, 3.8) is 0 Å². The molecule has 1 N–H and O–H groups in total. The second-order valence-electron chi connectivity index (χ2n) is 4.65. The maximum atomic E-state index is 12.1. The molecule has 2 heterocycles. The number of carbonyl (C=O) groups is 1. The molecule has 1 fully saturated rings. The zero-order valence-electron chi connectivity index (χ0n) is 11.1. The third-order valence-electron chi connectivity index (χ3n) is 3.33. The number of nitrogens with zero attached hydrogens (tertiary/aromatic N) is 2. The van der Waals surface area contributed by atoms with Crippen LogP contribution in [0.25, 0.3) is 0 Å². The highest BCUT2D eigenvalue weighted by atomic mass is 16.5. The van der Waals surface area contributed by atoms with Gasteiger partial charge in [0.15, 0.2) is 0 Å². The van der Waals surface area contributed by atoms with Crippen LogP contribution in [0.2, 0.25) is 0 Å². The molecule has 1 aromatic rings. The molecule has 0 aliphatic carbocycles. The van der Waals surface area contributed by atoms with Crippen molar-refractivity contribution >= 4 is 5.91 Å². The van der Waals surface area contributed by atoms with Crippen LogP contribution in [-0.4, -0.2) is 47.7 Å². The molecule has 5 heteroatoms. The van der Waals surface area contributed by atoms with Crippen LogP contribution in [0.15, 0.2) is 18.3 Å². The lowest BCUT2D eigenvalue weighted by Gasteiger charge is -2.29. The number of morpholine rings is 1. The quantitative estimate of drug-likeness (QED) is 0.840. The summed E-state index contributed by atoms with van der Waals surface area (Å²) in [6, 6.07) is 3.91. The van der Waals surface area contributed by atoms with Crippen molar-refractivity contribution < 1.29 is 9.53 Å². The number of aromatic nitrogens is 1. The Morgan fingerprint density at radius 3 is 2.83 bits per heavy atom. The zero-order valence-corrected chi connectivity index (χ0v) is 11.1. The third-order valence-corrected chi connectivity index (χ3v) is 3.33. The standard InChI is InChI=1S/C13H21N3O2/c1-11(13(17)16-6-8-18-9-7-16)14-10-12-4-3-5-15(12)2/h3-5,11,14H,6-10H2,1-2H3. The van der Waals surface area contributed by atoms with E-state index in [0.29, 0.717) is 32.8 Å². The number of nitrogens with one attached hydrogen (secondary N) is 1. The Labute approximate surface area is 108 Å². The molecule has 1 aliphatic heterocycles. The van der Waals surface area contributed by atoms with E-state index >= 15 is 0 Å². The highest BCUT2D eigenvalue weighted by molar-refractivity contribution is 5.81. The lowest BCUT2D eigenvalue weighted by molar-refractivity contribution is -0.137. The Morgan fingerprint density at radius 2 is 2.22 bits per heavy atom. The van der Waals surface area contributed by atoms with Gasteiger partial charge in [-0.25, -0.2) is 0 Å². The van der Waals surface area contributed by atoms with Gasteiger partial charge < -0.3 is 19.5 Å². The minimum absolute atomic E-state index is 0.155. The van der Waals surface area contributed by atoms with Crippen LogP contribution in [0.4, 0.5) is 0 Å². The van der Waals surface area contributed by atoms with Gasteiger partial charge in [-0.05, 0) is 19.1 Å². The Bertz CT molecular complexity index is 397. The maximum Gasteiger partial charge on any atom is 0.239 e. The van der Waals surface area contributed by atoms with Crippen LogP contribution in [0.1, 0.15) is 12.6 Å². The van der Waals surface area contributed by atoms with E-state index in [1.807, 2.05) is 31.1 Å². The van der Waals surface area contributed by atoms with Gasteiger partial charge in [-0.2, -0.15) is 0 Å². The molecule has 5 nitrogen and oxygen atoms in total. The minimum Gasteiger partial charge on any atom is -0.378 e. The molecule has 0 saturated carbocycles. The summed E-state index contributed by atoms with van der Waals surface area (Å²) in [6.07, 6.45) is 2.01. The third kappa shape index (κ3) is 3.11. The van der Waals surface area contributed by atoms with Crippen LogP contribution < -0.4 is 5.32 Å². The van der Waals surface area contributed by atoms with Crippen molar-refractivity contribution in [1.82, 2.24) is 14.8 Å². The number of carbonyl (C=O) groups excluding carboxylic acids is 1. The summed E-state index contributed by atoms with van der Waals surface area (Å²) < 4.78 is 7.30. The predicted molar refractivity (Wildman–Crippen MR) is 69.1 cm³/mol. The molecular weight excluding hydrogens is 230 g/mol. The van der Waals surface area contributed by atoms with E-state index < -0.39 is 0 Å². The molecule has 1 unspecified atom stereocenters. The fraction of sp³-hybridized carbons (Fsp3) is 0.615. The van der Waals surface area contributed by atoms with Gasteiger partial charge in [0.05, 0.1) is 19.3 Å². The highest BCUT2D eigenvalue weighted by Gasteiger charge is 2.21. The second kappa shape index (κ2) is 6.02. The van der Waals surface area contributed by atoms with E-state index in [4.69, 9.17) is 4.74 Å². The van der Waals surface area contributed by atoms with Gasteiger partial charge in [-0.3, -0.25) is 4.79 Å². The van der Waals surface area contributed by atoms with Crippen LogP contribution in [-0.2, 0) is 23.1 Å². The van der Waals surface area contributed by atoms with Gasteiger partial charge in [-0.15, -0.1) is 0 Å². The zero-order chi connectivity index (χ0) is 13.0. The van der Waals surface area contributed by atoms with Gasteiger partial charge in [0.1, 0.15) is 0 Å². The molecule has 1 aromatic heterocycles. The normalized spacial score (nSPS) is 17.8. The van der Waals surface area contributed by atoms with Gasteiger partial charge in [0, 0.05) is 38.6 Å². The van der Waals surface area contributed by atoms with Gasteiger partial charge in [0.25, 0.3) is 0 Å². The van der Waals surface area contributed by atoms with Crippen molar-refractivity contribution in [2.45, 2.75) is 19.5 Å². The van der Waals surface area contributed by atoms with Crippen LogP contribution in [0.5, 0.6) is 0 Å². The van der Waals surface area contributed by atoms with Crippen molar-refractivity contribution in [3.8, 4) is 0 Å². The van der Waals surface area contributed by atoms with Crippen molar-refractivity contribution in [1.29, 1.82) is 0 Å². The van der Waals surface area contributed by atoms with Crippen molar-refractivity contribution in [3.05, 3.63) is 24.0 Å². The first-order chi connectivity index (χ1) is 8.68. The molecule has 0 aromatic carbocycles. The summed E-state index contributed by atoms with van der Waals surface area (Å²) in [5.41, 5.74) is 1.18. The molecule has 0 bridgehead atoms. The van der Waals surface area contributed by atoms with Crippen LogP contribution in [0, 0.1) is 0 Å². The molecule has 0 spiro atoms. The summed E-state index contributed by atoms with van der Waals surface area (Å²) in [7, 11) is 2.01. The van der Waals surface area contributed by atoms with E-state index in [-0.39, 0.29) is 11.9 Å². The smallest absolute Gasteiger partial charge is 0.239 e. The number of amides is 1. The lowest BCUT2D eigenvalue weighted by atomic mass is 10.2. The first-order valence-corrected chi connectivity index (χ1v) is 6.38. The molecule has 1 saturated heterocycles. The molecule has 18 heavy (non-hydrogen) atoms. The first-order valence-electron chi connectivity index (χ1n) is 6.38. The van der Waals surface area contributed by atoms with E-state index in [0.717, 1.165) is 0 Å². The highest BCUT2D eigenvalue weighted by Crippen LogP contribution is 2.03. The van der Waals surface area contributed by atoms with E-state index in [9.17, 15) is 4.79 Å². The molecule has 1 amide bonds. The molecule has 100 valence electrons. The van der Waals surface area contributed by atoms with Crippen LogP contribution >= 0.6 is 0 Å². The number of hydrogen-bond acceptors (Lipinski definition) is 3. The Hall–Kier alpha value is -1.33. The van der Waals surface area contributed by atoms with Crippen molar-refractivity contribution in [2.75, 3.05) is 26.3 Å². The van der Waals surface area contributed by atoms with Gasteiger partial charge >= 0.3 is 0 Å². The summed E-state index contributed by atoms with van der Waals surface area (Å²) in [6.45, 7) is 5.33. The number of ether oxygens (including phenoxy) is 1. The lowest BCUT2D eigenvalue weighted by Crippen LogP contribution is -2.49. The molecular formula is C13H21N3O2. The van der Waals surface area contributed by atoms with E-state index in [2.05, 4.69) is 16.0 Å². The Kier molecular flexibility index (Phi) is 4.38. The molecule has 2 rings (SSSR count). The number of rotatable bonds is 4. The number of hydrogen-bond donors (Lipinski definition) is 1. The summed E-state index contributed by atoms with van der Waals surface area (Å²) in [5, 5.41) is 3.27. The van der Waals surface area contributed by atoms with Gasteiger partial charge in [0.2, 0.25) is 5.91 Å². The summed E-state index contributed by atoms with van der Waals surface area (Å²) in [4.78, 5) is 14.0. The average Bonchev–Trinajstić information content (AvgIpc) is 2.81. The summed E-state index contributed by atoms with van der Waals surface area (Å²) in [5.74, 6) is 0.160. The fourth-order valence-corrected chi connectivity index (χ4v) is 2.08. The largest absolute Gasteiger partial charge is 0.378 e. The molecule has 0 radical (unpaired) electrons. The Morgan fingerprint density at radius 1 is 1.50 bits per heavy atom. The predicted octanol–water partition coefficient (Wildman–Crippen LogP) is 0.362. The second-order valence-corrected chi connectivity index (χ2v) is 4.65. The SMILES string of the molecule is CC(NCc1cccn1C)C(=O)N1CCOCC1. The fourth-order valence-electron chi connectivity index (χ4n) is 2.08. The van der Waals surface area contributed by atoms with E-state index in [1.165, 1.54) is 5.69 Å². The van der Waals surface area contributed by atoms with Gasteiger partial charge in [-0.1, -0.05) is 0 Å². The topological polar surface area (TPSA) is 46.5 Å². The van der Waals surface area contributed by atoms with Crippen LogP contribution in [0.3, 0.4) is 0 Å².